The van der Waals surface area contributed by atoms with E-state index in [1.54, 1.807) is 18.3 Å². The summed E-state index contributed by atoms with van der Waals surface area (Å²) in [6, 6.07) is 11.0. The Morgan fingerprint density at radius 1 is 1.18 bits per heavy atom. The van der Waals surface area contributed by atoms with Crippen LogP contribution < -0.4 is 4.90 Å². The zero-order valence-electron chi connectivity index (χ0n) is 12.2. The van der Waals surface area contributed by atoms with Gasteiger partial charge >= 0.3 is 0 Å². The second-order valence-corrected chi connectivity index (χ2v) is 8.04. The Labute approximate surface area is 133 Å². The molecule has 5 nitrogen and oxygen atoms in total. The molecule has 2 aromatic heterocycles. The first kappa shape index (κ1) is 14.9. The van der Waals surface area contributed by atoms with Crippen molar-refractivity contribution in [3.05, 3.63) is 48.3 Å². The summed E-state index contributed by atoms with van der Waals surface area (Å²) in [6.45, 7) is 0.620. The molecule has 0 saturated carbocycles. The van der Waals surface area contributed by atoms with E-state index in [4.69, 9.17) is 0 Å². The highest BCUT2D eigenvalue weighted by Gasteiger charge is 2.17. The number of hydrogen-bond acceptors (Lipinski definition) is 6. The molecule has 7 heteroatoms. The number of rotatable bonds is 4. The molecule has 0 spiro atoms. The first-order chi connectivity index (χ1) is 10.4. The number of sulfone groups is 1. The minimum absolute atomic E-state index is 0.277. The Morgan fingerprint density at radius 2 is 2.00 bits per heavy atom. The highest BCUT2D eigenvalue weighted by atomic mass is 32.2. The van der Waals surface area contributed by atoms with E-state index < -0.39 is 9.84 Å². The fourth-order valence-electron chi connectivity index (χ4n) is 2.18. The van der Waals surface area contributed by atoms with Crippen molar-refractivity contribution in [2.45, 2.75) is 11.4 Å². The molecular weight excluding hydrogens is 318 g/mol. The van der Waals surface area contributed by atoms with Gasteiger partial charge in [0.2, 0.25) is 0 Å². The van der Waals surface area contributed by atoms with Crippen LogP contribution in [0.25, 0.3) is 10.2 Å². The van der Waals surface area contributed by atoms with Gasteiger partial charge in [0.25, 0.3) is 0 Å². The van der Waals surface area contributed by atoms with E-state index in [0.29, 0.717) is 12.1 Å². The van der Waals surface area contributed by atoms with Gasteiger partial charge in [-0.1, -0.05) is 23.5 Å². The number of aromatic nitrogens is 2. The van der Waals surface area contributed by atoms with Gasteiger partial charge in [-0.2, -0.15) is 0 Å². The molecule has 22 heavy (non-hydrogen) atoms. The normalized spacial score (nSPS) is 11.7. The molecule has 0 aliphatic carbocycles. The number of anilines is 1. The Hall–Kier alpha value is -1.99. The quantitative estimate of drug-likeness (QED) is 0.734. The molecule has 0 fully saturated rings. The van der Waals surface area contributed by atoms with Gasteiger partial charge in [0.05, 0.1) is 21.8 Å². The van der Waals surface area contributed by atoms with Crippen molar-refractivity contribution in [1.82, 2.24) is 9.97 Å². The highest BCUT2D eigenvalue weighted by Crippen LogP contribution is 2.32. The van der Waals surface area contributed by atoms with Crippen molar-refractivity contribution in [3.8, 4) is 0 Å². The summed E-state index contributed by atoms with van der Waals surface area (Å²) in [6.07, 6.45) is 2.96. The Morgan fingerprint density at radius 3 is 2.68 bits per heavy atom. The largest absolute Gasteiger partial charge is 0.345 e. The van der Waals surface area contributed by atoms with Crippen molar-refractivity contribution in [2.24, 2.45) is 0 Å². The van der Waals surface area contributed by atoms with Crippen LogP contribution in [0, 0.1) is 0 Å². The van der Waals surface area contributed by atoms with Crippen molar-refractivity contribution < 1.29 is 8.42 Å². The van der Waals surface area contributed by atoms with Crippen LogP contribution in [0.2, 0.25) is 0 Å². The van der Waals surface area contributed by atoms with E-state index in [9.17, 15) is 8.42 Å². The second-order valence-electron chi connectivity index (χ2n) is 5.05. The third kappa shape index (κ3) is 2.95. The van der Waals surface area contributed by atoms with Gasteiger partial charge in [-0.25, -0.2) is 13.4 Å². The fraction of sp³-hybridized carbons (Fsp3) is 0.200. The number of para-hydroxylation sites is 1. The SMILES string of the molecule is CN(Cc1ccccn1)c1nc2c(S(C)(=O)=O)cccc2s1. The number of hydrogen-bond donors (Lipinski definition) is 0. The standard InChI is InChI=1S/C15H15N3O2S2/c1-18(10-11-6-3-4-9-16-11)15-17-14-12(21-15)7-5-8-13(14)22(2,19)20/h3-9H,10H2,1-2H3. The molecule has 3 aromatic rings. The van der Waals surface area contributed by atoms with Crippen LogP contribution in [0.1, 0.15) is 5.69 Å². The summed E-state index contributed by atoms with van der Waals surface area (Å²) in [5.74, 6) is 0. The van der Waals surface area contributed by atoms with Crippen LogP contribution in [-0.4, -0.2) is 31.7 Å². The topological polar surface area (TPSA) is 63.2 Å². The molecular formula is C15H15N3O2S2. The predicted octanol–water partition coefficient (Wildman–Crippen LogP) is 2.73. The summed E-state index contributed by atoms with van der Waals surface area (Å²) in [5, 5.41) is 0.775. The predicted molar refractivity (Wildman–Crippen MR) is 89.1 cm³/mol. The van der Waals surface area contributed by atoms with Crippen LogP contribution in [0.15, 0.2) is 47.5 Å². The summed E-state index contributed by atoms with van der Waals surface area (Å²) in [4.78, 5) is 11.1. The molecule has 0 unspecified atom stereocenters. The first-order valence-electron chi connectivity index (χ1n) is 6.66. The lowest BCUT2D eigenvalue weighted by atomic mass is 10.3. The molecule has 0 amide bonds. The van der Waals surface area contributed by atoms with Crippen molar-refractivity contribution in [3.63, 3.8) is 0 Å². The molecule has 3 rings (SSSR count). The molecule has 0 bridgehead atoms. The minimum atomic E-state index is -3.29. The molecule has 0 radical (unpaired) electrons. The average Bonchev–Trinajstić information content (AvgIpc) is 2.91. The van der Waals surface area contributed by atoms with Gasteiger partial charge in [-0.05, 0) is 24.3 Å². The molecule has 114 valence electrons. The van der Waals surface area contributed by atoms with E-state index in [1.807, 2.05) is 36.2 Å². The molecule has 0 atom stereocenters. The lowest BCUT2D eigenvalue weighted by Gasteiger charge is -2.14. The monoisotopic (exact) mass is 333 g/mol. The number of pyridine rings is 1. The van der Waals surface area contributed by atoms with Crippen LogP contribution in [-0.2, 0) is 16.4 Å². The summed E-state index contributed by atoms with van der Waals surface area (Å²) in [7, 11) is -1.36. The van der Waals surface area contributed by atoms with Gasteiger partial charge in [0, 0.05) is 19.5 Å². The third-order valence-corrected chi connectivity index (χ3v) is 5.49. The third-order valence-electron chi connectivity index (χ3n) is 3.22. The van der Waals surface area contributed by atoms with Crippen molar-refractivity contribution >= 4 is 36.5 Å². The lowest BCUT2D eigenvalue weighted by Crippen LogP contribution is -2.16. The van der Waals surface area contributed by atoms with E-state index in [-0.39, 0.29) is 4.90 Å². The van der Waals surface area contributed by atoms with E-state index in [2.05, 4.69) is 9.97 Å². The maximum atomic E-state index is 11.9. The number of nitrogens with zero attached hydrogens (tertiary/aromatic N) is 3. The summed E-state index contributed by atoms with van der Waals surface area (Å²) < 4.78 is 24.6. The van der Waals surface area contributed by atoms with Crippen molar-refractivity contribution in [1.29, 1.82) is 0 Å². The number of thiazole rings is 1. The van der Waals surface area contributed by atoms with Gasteiger partial charge in [0.15, 0.2) is 15.0 Å². The van der Waals surface area contributed by atoms with Gasteiger partial charge < -0.3 is 4.90 Å². The number of fused-ring (bicyclic) bond motifs is 1. The van der Waals surface area contributed by atoms with E-state index >= 15 is 0 Å². The Balaban J connectivity index is 1.99. The lowest BCUT2D eigenvalue weighted by molar-refractivity contribution is 0.602. The molecule has 0 aliphatic rings. The van der Waals surface area contributed by atoms with E-state index in [1.165, 1.54) is 17.6 Å². The van der Waals surface area contributed by atoms with Gasteiger partial charge in [-0.15, -0.1) is 0 Å². The van der Waals surface area contributed by atoms with Crippen LogP contribution in [0.5, 0.6) is 0 Å². The first-order valence-corrected chi connectivity index (χ1v) is 9.36. The summed E-state index contributed by atoms with van der Waals surface area (Å²) in [5.41, 5.74) is 1.48. The van der Waals surface area contributed by atoms with Crippen molar-refractivity contribution in [2.75, 3.05) is 18.2 Å². The zero-order valence-corrected chi connectivity index (χ0v) is 13.9. The maximum absolute atomic E-state index is 11.9. The molecule has 0 N–H and O–H groups in total. The number of benzene rings is 1. The van der Waals surface area contributed by atoms with Crippen LogP contribution >= 0.6 is 11.3 Å². The molecule has 0 saturated heterocycles. The maximum Gasteiger partial charge on any atom is 0.186 e. The summed E-state index contributed by atoms with van der Waals surface area (Å²) >= 11 is 1.48. The molecule has 0 aliphatic heterocycles. The average molecular weight is 333 g/mol. The Bertz CT molecular complexity index is 905. The van der Waals surface area contributed by atoms with Crippen LogP contribution in [0.3, 0.4) is 0 Å². The highest BCUT2D eigenvalue weighted by molar-refractivity contribution is 7.91. The van der Waals surface area contributed by atoms with Gasteiger partial charge in [0.1, 0.15) is 5.52 Å². The minimum Gasteiger partial charge on any atom is -0.345 e. The zero-order chi connectivity index (χ0) is 15.7. The fourth-order valence-corrected chi connectivity index (χ4v) is 4.03. The van der Waals surface area contributed by atoms with E-state index in [0.717, 1.165) is 15.5 Å². The molecule has 1 aromatic carbocycles. The van der Waals surface area contributed by atoms with Crippen LogP contribution in [0.4, 0.5) is 5.13 Å². The molecule has 2 heterocycles. The second kappa shape index (κ2) is 5.66. The smallest absolute Gasteiger partial charge is 0.186 e. The van der Waals surface area contributed by atoms with Gasteiger partial charge in [-0.3, -0.25) is 4.98 Å². The Kier molecular flexibility index (Phi) is 3.84.